The molecule has 0 bridgehead atoms. The molecule has 0 spiro atoms. The second-order valence-electron chi connectivity index (χ2n) is 5.45. The van der Waals surface area contributed by atoms with Crippen molar-refractivity contribution in [1.82, 2.24) is 4.90 Å². The van der Waals surface area contributed by atoms with E-state index < -0.39 is 0 Å². The molecular formula is C14H30N2O2. The van der Waals surface area contributed by atoms with Crippen LogP contribution in [0.15, 0.2) is 0 Å². The van der Waals surface area contributed by atoms with E-state index in [9.17, 15) is 0 Å². The number of hydrogen-bond acceptors (Lipinski definition) is 4. The fraction of sp³-hybridized carbons (Fsp3) is 1.00. The summed E-state index contributed by atoms with van der Waals surface area (Å²) in [7, 11) is 0. The molecule has 0 heterocycles. The van der Waals surface area contributed by atoms with Crippen LogP contribution in [0.2, 0.25) is 0 Å². The van der Waals surface area contributed by atoms with E-state index in [0.717, 1.165) is 46.1 Å². The molecule has 0 aromatic heterocycles. The monoisotopic (exact) mass is 258 g/mol. The minimum Gasteiger partial charge on any atom is -0.380 e. The lowest BCUT2D eigenvalue weighted by atomic mass is 9.96. The van der Waals surface area contributed by atoms with Crippen LogP contribution in [-0.4, -0.2) is 56.5 Å². The topological polar surface area (TPSA) is 47.7 Å². The maximum absolute atomic E-state index is 6.41. The van der Waals surface area contributed by atoms with E-state index in [2.05, 4.69) is 11.8 Å². The van der Waals surface area contributed by atoms with Crippen molar-refractivity contribution < 1.29 is 9.47 Å². The van der Waals surface area contributed by atoms with Gasteiger partial charge < -0.3 is 15.2 Å². The molecule has 1 aliphatic carbocycles. The first-order chi connectivity index (χ1) is 8.60. The number of nitrogens with zero attached hydrogens (tertiary/aromatic N) is 1. The summed E-state index contributed by atoms with van der Waals surface area (Å²) in [5.74, 6) is 0.708. The summed E-state index contributed by atoms with van der Waals surface area (Å²) in [6.45, 7) is 12.2. The van der Waals surface area contributed by atoms with Gasteiger partial charge in [-0.15, -0.1) is 0 Å². The highest BCUT2D eigenvalue weighted by Crippen LogP contribution is 2.38. The summed E-state index contributed by atoms with van der Waals surface area (Å²) in [5, 5.41) is 0. The molecule has 0 aliphatic heterocycles. The van der Waals surface area contributed by atoms with Crippen LogP contribution in [0.3, 0.4) is 0 Å². The van der Waals surface area contributed by atoms with E-state index >= 15 is 0 Å². The third-order valence-electron chi connectivity index (χ3n) is 3.59. The zero-order chi connectivity index (χ0) is 13.4. The largest absolute Gasteiger partial charge is 0.380 e. The Morgan fingerprint density at radius 1 is 1.11 bits per heavy atom. The predicted octanol–water partition coefficient (Wildman–Crippen LogP) is 1.49. The molecule has 1 saturated carbocycles. The van der Waals surface area contributed by atoms with Crippen LogP contribution in [0.1, 0.15) is 33.6 Å². The Hall–Kier alpha value is -0.160. The third kappa shape index (κ3) is 6.14. The van der Waals surface area contributed by atoms with Crippen molar-refractivity contribution in [2.45, 2.75) is 39.2 Å². The van der Waals surface area contributed by atoms with Gasteiger partial charge in [-0.2, -0.15) is 0 Å². The van der Waals surface area contributed by atoms with Gasteiger partial charge in [0.1, 0.15) is 0 Å². The van der Waals surface area contributed by atoms with Crippen LogP contribution in [0.25, 0.3) is 0 Å². The van der Waals surface area contributed by atoms with E-state index in [0.29, 0.717) is 5.92 Å². The van der Waals surface area contributed by atoms with Gasteiger partial charge in [-0.1, -0.05) is 0 Å². The van der Waals surface area contributed by atoms with Crippen LogP contribution in [0, 0.1) is 5.92 Å². The first-order valence-corrected chi connectivity index (χ1v) is 7.26. The first-order valence-electron chi connectivity index (χ1n) is 7.26. The molecule has 0 aromatic rings. The van der Waals surface area contributed by atoms with Crippen molar-refractivity contribution in [3.63, 3.8) is 0 Å². The van der Waals surface area contributed by atoms with E-state index in [1.165, 1.54) is 12.8 Å². The van der Waals surface area contributed by atoms with Gasteiger partial charge in [0.15, 0.2) is 0 Å². The molecule has 4 nitrogen and oxygen atoms in total. The maximum Gasteiger partial charge on any atom is 0.0593 e. The summed E-state index contributed by atoms with van der Waals surface area (Å²) >= 11 is 0. The van der Waals surface area contributed by atoms with Crippen LogP contribution in [-0.2, 0) is 9.47 Å². The minimum atomic E-state index is -0.0571. The fourth-order valence-corrected chi connectivity index (χ4v) is 2.30. The summed E-state index contributed by atoms with van der Waals surface area (Å²) < 4.78 is 10.9. The van der Waals surface area contributed by atoms with E-state index in [-0.39, 0.29) is 5.54 Å². The molecule has 1 rings (SSSR count). The molecule has 2 N–H and O–H groups in total. The SMILES string of the molecule is CCOCCN(CCOCC)CC(C)(N)C1CC1. The zero-order valence-corrected chi connectivity index (χ0v) is 12.3. The standard InChI is InChI=1S/C14H30N2O2/c1-4-17-10-8-16(9-11-18-5-2)12-14(3,15)13-6-7-13/h13H,4-12,15H2,1-3H3. The Kier molecular flexibility index (Phi) is 7.15. The molecule has 1 atom stereocenters. The van der Waals surface area contributed by atoms with Crippen molar-refractivity contribution in [2.24, 2.45) is 11.7 Å². The van der Waals surface area contributed by atoms with Crippen molar-refractivity contribution in [3.05, 3.63) is 0 Å². The number of rotatable bonds is 11. The summed E-state index contributed by atoms with van der Waals surface area (Å²) in [6, 6.07) is 0. The fourth-order valence-electron chi connectivity index (χ4n) is 2.30. The maximum atomic E-state index is 6.41. The van der Waals surface area contributed by atoms with Crippen molar-refractivity contribution >= 4 is 0 Å². The lowest BCUT2D eigenvalue weighted by Crippen LogP contribution is -2.51. The highest BCUT2D eigenvalue weighted by molar-refractivity contribution is 4.97. The summed E-state index contributed by atoms with van der Waals surface area (Å²) in [5.41, 5.74) is 6.35. The van der Waals surface area contributed by atoms with E-state index in [1.54, 1.807) is 0 Å². The Labute approximate surface area is 112 Å². The number of nitrogens with two attached hydrogens (primary N) is 1. The van der Waals surface area contributed by atoms with Crippen LogP contribution in [0.4, 0.5) is 0 Å². The zero-order valence-electron chi connectivity index (χ0n) is 12.3. The predicted molar refractivity (Wildman–Crippen MR) is 74.7 cm³/mol. The Morgan fingerprint density at radius 3 is 2.00 bits per heavy atom. The van der Waals surface area contributed by atoms with Gasteiger partial charge in [0, 0.05) is 38.4 Å². The van der Waals surface area contributed by atoms with Crippen molar-refractivity contribution in [1.29, 1.82) is 0 Å². The van der Waals surface area contributed by atoms with Gasteiger partial charge in [-0.25, -0.2) is 0 Å². The van der Waals surface area contributed by atoms with E-state index in [4.69, 9.17) is 15.2 Å². The molecule has 0 saturated heterocycles. The Bertz CT molecular complexity index is 208. The highest BCUT2D eigenvalue weighted by atomic mass is 16.5. The lowest BCUT2D eigenvalue weighted by Gasteiger charge is -2.32. The van der Waals surface area contributed by atoms with Gasteiger partial charge >= 0.3 is 0 Å². The molecule has 108 valence electrons. The van der Waals surface area contributed by atoms with Gasteiger partial charge in [0.25, 0.3) is 0 Å². The van der Waals surface area contributed by atoms with Gasteiger partial charge in [0.2, 0.25) is 0 Å². The van der Waals surface area contributed by atoms with Crippen LogP contribution in [0.5, 0.6) is 0 Å². The molecule has 0 radical (unpaired) electrons. The number of hydrogen-bond donors (Lipinski definition) is 1. The molecule has 18 heavy (non-hydrogen) atoms. The lowest BCUT2D eigenvalue weighted by molar-refractivity contribution is 0.0714. The van der Waals surface area contributed by atoms with Crippen LogP contribution < -0.4 is 5.73 Å². The average Bonchev–Trinajstić information content (AvgIpc) is 3.13. The van der Waals surface area contributed by atoms with Crippen molar-refractivity contribution in [2.75, 3.05) is 46.1 Å². The molecule has 4 heteroatoms. The summed E-state index contributed by atoms with van der Waals surface area (Å²) in [6.07, 6.45) is 2.58. The smallest absolute Gasteiger partial charge is 0.0593 e. The second-order valence-corrected chi connectivity index (χ2v) is 5.45. The number of ether oxygens (including phenoxy) is 2. The Morgan fingerprint density at radius 2 is 1.61 bits per heavy atom. The molecule has 0 aromatic carbocycles. The molecule has 1 unspecified atom stereocenters. The summed E-state index contributed by atoms with van der Waals surface area (Å²) in [4.78, 5) is 2.38. The average molecular weight is 258 g/mol. The minimum absolute atomic E-state index is 0.0571. The van der Waals surface area contributed by atoms with Gasteiger partial charge in [-0.3, -0.25) is 4.90 Å². The normalized spacial score (nSPS) is 19.2. The van der Waals surface area contributed by atoms with Gasteiger partial charge in [-0.05, 0) is 39.5 Å². The second kappa shape index (κ2) is 8.10. The quantitative estimate of drug-likeness (QED) is 0.570. The van der Waals surface area contributed by atoms with E-state index in [1.807, 2.05) is 13.8 Å². The molecular weight excluding hydrogens is 228 g/mol. The Balaban J connectivity index is 2.32. The van der Waals surface area contributed by atoms with Gasteiger partial charge in [0.05, 0.1) is 13.2 Å². The molecule has 1 fully saturated rings. The highest BCUT2D eigenvalue weighted by Gasteiger charge is 2.39. The molecule has 1 aliphatic rings. The third-order valence-corrected chi connectivity index (χ3v) is 3.59. The molecule has 0 amide bonds. The van der Waals surface area contributed by atoms with Crippen LogP contribution >= 0.6 is 0 Å². The first kappa shape index (κ1) is 15.9. The van der Waals surface area contributed by atoms with Crippen molar-refractivity contribution in [3.8, 4) is 0 Å².